The van der Waals surface area contributed by atoms with Crippen molar-refractivity contribution in [2.45, 2.75) is 31.4 Å². The largest absolute Gasteiger partial charge is 0.367 e. The van der Waals surface area contributed by atoms with Crippen LogP contribution < -0.4 is 11.1 Å². The lowest BCUT2D eigenvalue weighted by Gasteiger charge is -2.38. The number of anilines is 1. The maximum absolute atomic E-state index is 13.4. The lowest BCUT2D eigenvalue weighted by atomic mass is 9.99. The molecule has 2 atom stereocenters. The molecule has 2 unspecified atom stereocenters. The van der Waals surface area contributed by atoms with E-state index in [0.717, 1.165) is 29.5 Å². The Balaban J connectivity index is 1.81. The zero-order valence-electron chi connectivity index (χ0n) is 16.8. The summed E-state index contributed by atoms with van der Waals surface area (Å²) in [6, 6.07) is 5.72. The number of nitrogens with two attached hydrogens (primary N) is 1. The van der Waals surface area contributed by atoms with Gasteiger partial charge in [-0.15, -0.1) is 11.3 Å². The van der Waals surface area contributed by atoms with Crippen LogP contribution in [-0.2, 0) is 32.4 Å². The molecule has 3 N–H and O–H groups in total. The summed E-state index contributed by atoms with van der Waals surface area (Å²) in [5.74, 6) is -1.13. The first-order valence-corrected chi connectivity index (χ1v) is 12.8. The third-order valence-corrected chi connectivity index (χ3v) is 8.33. The summed E-state index contributed by atoms with van der Waals surface area (Å²) >= 11 is 7.29. The number of sulfonamides is 1. The van der Waals surface area contributed by atoms with Gasteiger partial charge in [-0.1, -0.05) is 11.6 Å². The Morgan fingerprint density at radius 3 is 2.61 bits per heavy atom. The van der Waals surface area contributed by atoms with Crippen molar-refractivity contribution in [3.8, 4) is 0 Å². The first-order valence-electron chi connectivity index (χ1n) is 9.76. The highest BCUT2D eigenvalue weighted by atomic mass is 35.5. The van der Waals surface area contributed by atoms with E-state index in [-0.39, 0.29) is 19.1 Å². The minimum atomic E-state index is -3.68. The molecular weight excluding hydrogens is 462 g/mol. The van der Waals surface area contributed by atoms with Crippen LogP contribution in [0.2, 0.25) is 5.02 Å². The molecule has 2 aromatic rings. The average molecular weight is 484 g/mol. The van der Waals surface area contributed by atoms with Gasteiger partial charge in [0.25, 0.3) is 5.91 Å². The second-order valence-electron chi connectivity index (χ2n) is 7.57. The van der Waals surface area contributed by atoms with E-state index < -0.39 is 28.1 Å². The van der Waals surface area contributed by atoms with Crippen molar-refractivity contribution in [3.63, 3.8) is 0 Å². The number of benzene rings is 1. The van der Waals surface area contributed by atoms with E-state index in [9.17, 15) is 18.0 Å². The molecule has 1 saturated heterocycles. The number of hydrogen-bond acceptors (Lipinski definition) is 6. The van der Waals surface area contributed by atoms with Crippen LogP contribution in [0, 0.1) is 0 Å². The Bertz CT molecular complexity index is 1130. The quantitative estimate of drug-likeness (QED) is 0.676. The molecule has 1 aliphatic carbocycles. The summed E-state index contributed by atoms with van der Waals surface area (Å²) in [6.45, 7) is 0.128. The molecule has 1 aliphatic heterocycles. The molecule has 1 fully saturated rings. The molecule has 2 amide bonds. The van der Waals surface area contributed by atoms with Crippen LogP contribution in [0.4, 0.5) is 5.69 Å². The predicted molar refractivity (Wildman–Crippen MR) is 119 cm³/mol. The molecule has 0 bridgehead atoms. The second-order valence-corrected chi connectivity index (χ2v) is 11.1. The van der Waals surface area contributed by atoms with Crippen molar-refractivity contribution in [1.82, 2.24) is 4.31 Å². The number of fused-ring (bicyclic) bond motifs is 1. The lowest BCUT2D eigenvalue weighted by molar-refractivity contribution is -0.137. The fourth-order valence-corrected chi connectivity index (χ4v) is 6.89. The average Bonchev–Trinajstić information content (AvgIpc) is 3.29. The highest BCUT2D eigenvalue weighted by molar-refractivity contribution is 7.88. The monoisotopic (exact) mass is 483 g/mol. The lowest BCUT2D eigenvalue weighted by Crippen LogP contribution is -2.52. The minimum Gasteiger partial charge on any atom is -0.367 e. The molecule has 4 rings (SSSR count). The van der Waals surface area contributed by atoms with Gasteiger partial charge in [0.05, 0.1) is 24.5 Å². The number of carbonyl (C=O) groups excluding carboxylic acids is 2. The summed E-state index contributed by atoms with van der Waals surface area (Å²) in [6.07, 6.45) is 2.33. The van der Waals surface area contributed by atoms with Crippen LogP contribution in [0.5, 0.6) is 0 Å². The van der Waals surface area contributed by atoms with Crippen LogP contribution in [-0.4, -0.2) is 50.0 Å². The Morgan fingerprint density at radius 1 is 1.26 bits per heavy atom. The van der Waals surface area contributed by atoms with Gasteiger partial charge in [0.2, 0.25) is 15.9 Å². The molecule has 1 aromatic carbocycles. The number of hydrogen-bond donors (Lipinski definition) is 2. The summed E-state index contributed by atoms with van der Waals surface area (Å²) in [4.78, 5) is 27.0. The first-order chi connectivity index (χ1) is 14.7. The van der Waals surface area contributed by atoms with Crippen molar-refractivity contribution in [2.24, 2.45) is 5.73 Å². The molecular formula is C20H22ClN3O5S2. The van der Waals surface area contributed by atoms with Gasteiger partial charge in [0.15, 0.2) is 6.10 Å². The number of primary amides is 1. The van der Waals surface area contributed by atoms with Gasteiger partial charge in [-0.05, 0) is 49.1 Å². The number of halogens is 1. The topological polar surface area (TPSA) is 119 Å². The molecule has 31 heavy (non-hydrogen) atoms. The Labute approximate surface area is 189 Å². The van der Waals surface area contributed by atoms with Gasteiger partial charge in [-0.3, -0.25) is 9.59 Å². The van der Waals surface area contributed by atoms with Crippen molar-refractivity contribution in [3.05, 3.63) is 50.2 Å². The zero-order chi connectivity index (χ0) is 22.3. The van der Waals surface area contributed by atoms with E-state index in [0.29, 0.717) is 27.6 Å². The van der Waals surface area contributed by atoms with Gasteiger partial charge < -0.3 is 15.8 Å². The third-order valence-electron chi connectivity index (χ3n) is 5.46. The molecule has 166 valence electrons. The number of amides is 2. The second kappa shape index (κ2) is 8.51. The van der Waals surface area contributed by atoms with Crippen LogP contribution in [0.3, 0.4) is 0 Å². The normalized spacial score (nSPS) is 21.6. The number of carbonyl (C=O) groups is 2. The third kappa shape index (κ3) is 4.35. The maximum atomic E-state index is 13.4. The van der Waals surface area contributed by atoms with Crippen molar-refractivity contribution in [1.29, 1.82) is 0 Å². The van der Waals surface area contributed by atoms with Gasteiger partial charge in [-0.25, -0.2) is 8.42 Å². The first kappa shape index (κ1) is 22.2. The SMILES string of the molecule is CS(=O)(=O)N1CCOC(C(N)=O)C1c1sc2c(c1C(=O)Nc1ccc(Cl)cc1)CCC2. The van der Waals surface area contributed by atoms with Crippen LogP contribution in [0.1, 0.15) is 38.1 Å². The summed E-state index contributed by atoms with van der Waals surface area (Å²) in [7, 11) is -3.68. The number of rotatable bonds is 5. The van der Waals surface area contributed by atoms with E-state index in [1.54, 1.807) is 24.3 Å². The smallest absolute Gasteiger partial charge is 0.257 e. The van der Waals surface area contributed by atoms with Crippen LogP contribution >= 0.6 is 22.9 Å². The van der Waals surface area contributed by atoms with Gasteiger partial charge in [0, 0.05) is 27.0 Å². The van der Waals surface area contributed by atoms with E-state index in [2.05, 4.69) is 5.32 Å². The summed E-state index contributed by atoms with van der Waals surface area (Å²) < 4.78 is 31.8. The zero-order valence-corrected chi connectivity index (χ0v) is 19.1. The molecule has 0 radical (unpaired) electrons. The van der Waals surface area contributed by atoms with Crippen LogP contribution in [0.25, 0.3) is 0 Å². The number of morpholine rings is 1. The van der Waals surface area contributed by atoms with Gasteiger partial charge >= 0.3 is 0 Å². The molecule has 2 heterocycles. The standard InChI is InChI=1S/C20H22ClN3O5S2/c1-31(27,28)24-9-10-29-17(19(22)25)16(24)18-15(13-3-2-4-14(13)30-18)20(26)23-12-7-5-11(21)6-8-12/h5-8,16-17H,2-4,9-10H2,1H3,(H2,22,25)(H,23,26). The maximum Gasteiger partial charge on any atom is 0.257 e. The molecule has 11 heteroatoms. The Hall–Kier alpha value is -1.98. The number of thiophene rings is 1. The number of nitrogens with zero attached hydrogens (tertiary/aromatic N) is 1. The van der Waals surface area contributed by atoms with E-state index in [4.69, 9.17) is 22.1 Å². The molecule has 0 spiro atoms. The van der Waals surface area contributed by atoms with Gasteiger partial charge in [-0.2, -0.15) is 4.31 Å². The highest BCUT2D eigenvalue weighted by Gasteiger charge is 2.45. The van der Waals surface area contributed by atoms with Crippen molar-refractivity contribution in [2.75, 3.05) is 24.7 Å². The Morgan fingerprint density at radius 2 is 1.97 bits per heavy atom. The van der Waals surface area contributed by atoms with Gasteiger partial charge in [0.1, 0.15) is 0 Å². The molecule has 8 nitrogen and oxygen atoms in total. The van der Waals surface area contributed by atoms with Crippen molar-refractivity contribution < 1.29 is 22.7 Å². The van der Waals surface area contributed by atoms with E-state index in [1.807, 2.05) is 0 Å². The Kier molecular flexibility index (Phi) is 6.10. The summed E-state index contributed by atoms with van der Waals surface area (Å²) in [5, 5.41) is 3.41. The highest BCUT2D eigenvalue weighted by Crippen LogP contribution is 2.44. The fourth-order valence-electron chi connectivity index (χ4n) is 4.14. The summed E-state index contributed by atoms with van der Waals surface area (Å²) in [5.41, 5.74) is 7.42. The predicted octanol–water partition coefficient (Wildman–Crippen LogP) is 2.33. The number of ether oxygens (including phenoxy) is 1. The van der Waals surface area contributed by atoms with Crippen LogP contribution in [0.15, 0.2) is 24.3 Å². The number of nitrogens with one attached hydrogen (secondary N) is 1. The molecule has 1 aromatic heterocycles. The van der Waals surface area contributed by atoms with E-state index in [1.165, 1.54) is 15.6 Å². The van der Waals surface area contributed by atoms with Crippen molar-refractivity contribution >= 4 is 50.5 Å². The number of aryl methyl sites for hydroxylation is 1. The van der Waals surface area contributed by atoms with E-state index >= 15 is 0 Å². The molecule has 0 saturated carbocycles. The minimum absolute atomic E-state index is 0.0502. The fraction of sp³-hybridized carbons (Fsp3) is 0.400. The molecule has 2 aliphatic rings.